The Kier molecular flexibility index (Phi) is 4.60. The third-order valence-corrected chi connectivity index (χ3v) is 4.28. The predicted octanol–water partition coefficient (Wildman–Crippen LogP) is 1.52. The maximum Gasteiger partial charge on any atom is 0.261 e. The predicted molar refractivity (Wildman–Crippen MR) is 87.4 cm³/mol. The lowest BCUT2D eigenvalue weighted by Gasteiger charge is -2.17. The molecule has 0 aliphatic heterocycles. The molecule has 6 nitrogen and oxygen atoms in total. The zero-order valence-corrected chi connectivity index (χ0v) is 13.3. The Morgan fingerprint density at radius 1 is 1.43 bits per heavy atom. The number of H-pyrrole nitrogens is 1. The minimum atomic E-state index is -0.294. The Morgan fingerprint density at radius 2 is 2.26 bits per heavy atom. The van der Waals surface area contributed by atoms with Crippen LogP contribution in [0.3, 0.4) is 0 Å². The molecular formula is C17H22N4O2. The van der Waals surface area contributed by atoms with Crippen LogP contribution in [-0.2, 0) is 19.4 Å². The molecule has 2 aromatic heterocycles. The molecule has 1 aliphatic rings. The molecule has 2 N–H and O–H groups in total. The molecule has 2 heterocycles. The number of imidazole rings is 1. The Hall–Kier alpha value is -2.37. The lowest BCUT2D eigenvalue weighted by molar-refractivity contribution is 0.0945. The summed E-state index contributed by atoms with van der Waals surface area (Å²) in [5.74, 6) is -0.0398. The van der Waals surface area contributed by atoms with Gasteiger partial charge in [-0.05, 0) is 43.2 Å². The first kappa shape index (κ1) is 15.5. The topological polar surface area (TPSA) is 79.8 Å². The van der Waals surface area contributed by atoms with Gasteiger partial charge in [-0.1, -0.05) is 6.92 Å². The Labute approximate surface area is 134 Å². The number of carbonyl (C=O) groups excluding carboxylic acids is 1. The van der Waals surface area contributed by atoms with Crippen LogP contribution < -0.4 is 10.9 Å². The Morgan fingerprint density at radius 3 is 3.04 bits per heavy atom. The van der Waals surface area contributed by atoms with E-state index in [4.69, 9.17) is 0 Å². The molecule has 122 valence electrons. The minimum Gasteiger partial charge on any atom is -0.352 e. The normalized spacial score (nSPS) is 15.0. The molecule has 0 aromatic carbocycles. The number of pyridine rings is 1. The van der Waals surface area contributed by atoms with Crippen molar-refractivity contribution in [3.63, 3.8) is 0 Å². The molecule has 3 rings (SSSR count). The molecule has 6 heteroatoms. The summed E-state index contributed by atoms with van der Waals surface area (Å²) in [7, 11) is 0. The van der Waals surface area contributed by atoms with Gasteiger partial charge >= 0.3 is 0 Å². The first-order valence-corrected chi connectivity index (χ1v) is 8.12. The molecule has 0 saturated heterocycles. The van der Waals surface area contributed by atoms with Crippen LogP contribution in [-0.4, -0.2) is 27.0 Å². The number of hydrogen-bond donors (Lipinski definition) is 2. The lowest BCUT2D eigenvalue weighted by atomic mass is 9.95. The summed E-state index contributed by atoms with van der Waals surface area (Å²) < 4.78 is 1.97. The SMILES string of the molecule is C[C@@H](CNC(=O)c1cc2c([nH]c1=O)CCCC2)Cn1ccnc1. The van der Waals surface area contributed by atoms with Crippen molar-refractivity contribution in [2.24, 2.45) is 5.92 Å². The van der Waals surface area contributed by atoms with Gasteiger partial charge in [0.05, 0.1) is 6.33 Å². The van der Waals surface area contributed by atoms with Gasteiger partial charge in [0.2, 0.25) is 0 Å². The smallest absolute Gasteiger partial charge is 0.261 e. The number of aryl methyl sites for hydroxylation is 2. The fourth-order valence-corrected chi connectivity index (χ4v) is 3.02. The van der Waals surface area contributed by atoms with E-state index >= 15 is 0 Å². The number of carbonyl (C=O) groups is 1. The van der Waals surface area contributed by atoms with Crippen LogP contribution in [0.5, 0.6) is 0 Å². The van der Waals surface area contributed by atoms with Gasteiger partial charge in [-0.15, -0.1) is 0 Å². The third kappa shape index (κ3) is 3.70. The summed E-state index contributed by atoms with van der Waals surface area (Å²) in [5.41, 5.74) is 2.03. The van der Waals surface area contributed by atoms with E-state index in [2.05, 4.69) is 22.2 Å². The quantitative estimate of drug-likeness (QED) is 0.878. The van der Waals surface area contributed by atoms with E-state index in [9.17, 15) is 9.59 Å². The highest BCUT2D eigenvalue weighted by atomic mass is 16.2. The monoisotopic (exact) mass is 314 g/mol. The van der Waals surface area contributed by atoms with Gasteiger partial charge in [-0.2, -0.15) is 0 Å². The molecule has 0 spiro atoms. The number of rotatable bonds is 5. The summed E-state index contributed by atoms with van der Waals surface area (Å²) in [6, 6.07) is 1.77. The Bertz CT molecular complexity index is 734. The van der Waals surface area contributed by atoms with Crippen molar-refractivity contribution in [1.29, 1.82) is 0 Å². The van der Waals surface area contributed by atoms with E-state index in [0.717, 1.165) is 43.5 Å². The average molecular weight is 314 g/mol. The molecule has 1 amide bonds. The van der Waals surface area contributed by atoms with Crippen LogP contribution in [0, 0.1) is 5.92 Å². The number of fused-ring (bicyclic) bond motifs is 1. The first-order chi connectivity index (χ1) is 11.1. The first-order valence-electron chi connectivity index (χ1n) is 8.12. The van der Waals surface area contributed by atoms with Crippen LogP contribution in [0.1, 0.15) is 41.4 Å². The van der Waals surface area contributed by atoms with Crippen molar-refractivity contribution in [1.82, 2.24) is 19.9 Å². The number of amides is 1. The van der Waals surface area contributed by atoms with Crippen molar-refractivity contribution in [2.45, 2.75) is 39.2 Å². The van der Waals surface area contributed by atoms with Crippen molar-refractivity contribution in [3.8, 4) is 0 Å². The molecule has 2 aromatic rings. The number of hydrogen-bond acceptors (Lipinski definition) is 3. The number of aromatic amines is 1. The molecule has 0 fully saturated rings. The van der Waals surface area contributed by atoms with Crippen LogP contribution >= 0.6 is 0 Å². The van der Waals surface area contributed by atoms with Gasteiger partial charge in [0.15, 0.2) is 0 Å². The van der Waals surface area contributed by atoms with Crippen molar-refractivity contribution in [2.75, 3.05) is 6.54 Å². The zero-order chi connectivity index (χ0) is 16.2. The number of aromatic nitrogens is 3. The average Bonchev–Trinajstić information content (AvgIpc) is 3.05. The van der Waals surface area contributed by atoms with Crippen LogP contribution in [0.2, 0.25) is 0 Å². The summed E-state index contributed by atoms with van der Waals surface area (Å²) in [4.78, 5) is 31.3. The fourth-order valence-electron chi connectivity index (χ4n) is 3.02. The highest BCUT2D eigenvalue weighted by Crippen LogP contribution is 2.18. The maximum atomic E-state index is 12.3. The molecule has 23 heavy (non-hydrogen) atoms. The van der Waals surface area contributed by atoms with Crippen molar-refractivity contribution < 1.29 is 4.79 Å². The van der Waals surface area contributed by atoms with E-state index in [1.807, 2.05) is 10.8 Å². The summed E-state index contributed by atoms with van der Waals surface area (Å²) in [6.07, 6.45) is 9.43. The summed E-state index contributed by atoms with van der Waals surface area (Å²) >= 11 is 0. The van der Waals surface area contributed by atoms with E-state index in [1.54, 1.807) is 18.6 Å². The second-order valence-electron chi connectivity index (χ2n) is 6.30. The number of nitrogens with one attached hydrogen (secondary N) is 2. The summed E-state index contributed by atoms with van der Waals surface area (Å²) in [5, 5.41) is 2.87. The fraction of sp³-hybridized carbons (Fsp3) is 0.471. The highest BCUT2D eigenvalue weighted by molar-refractivity contribution is 5.94. The van der Waals surface area contributed by atoms with Crippen LogP contribution in [0.25, 0.3) is 0 Å². The van der Waals surface area contributed by atoms with E-state index in [0.29, 0.717) is 6.54 Å². The molecule has 1 aliphatic carbocycles. The van der Waals surface area contributed by atoms with Gasteiger partial charge in [0, 0.05) is 31.2 Å². The van der Waals surface area contributed by atoms with Crippen molar-refractivity contribution >= 4 is 5.91 Å². The van der Waals surface area contributed by atoms with Gasteiger partial charge in [-0.25, -0.2) is 4.98 Å². The molecule has 0 saturated carbocycles. The van der Waals surface area contributed by atoms with Gasteiger partial charge in [-0.3, -0.25) is 9.59 Å². The molecule has 0 radical (unpaired) electrons. The van der Waals surface area contributed by atoms with Gasteiger partial charge in [0.1, 0.15) is 5.56 Å². The van der Waals surface area contributed by atoms with Crippen molar-refractivity contribution in [3.05, 3.63) is 52.0 Å². The van der Waals surface area contributed by atoms with E-state index in [1.165, 1.54) is 0 Å². The molecule has 0 unspecified atom stereocenters. The lowest BCUT2D eigenvalue weighted by Crippen LogP contribution is -2.34. The second kappa shape index (κ2) is 6.81. The van der Waals surface area contributed by atoms with E-state index in [-0.39, 0.29) is 22.9 Å². The standard InChI is InChI=1S/C17H22N4O2/c1-12(10-21-7-6-18-11-21)9-19-16(22)14-8-13-4-2-3-5-15(13)20-17(14)23/h6-8,11-12H,2-5,9-10H2,1H3,(H,19,22)(H,20,23)/t12-/m0/s1. The number of nitrogens with zero attached hydrogens (tertiary/aromatic N) is 2. The molecule has 1 atom stereocenters. The Balaban J connectivity index is 1.63. The van der Waals surface area contributed by atoms with Gasteiger partial charge in [0.25, 0.3) is 11.5 Å². The van der Waals surface area contributed by atoms with Crippen LogP contribution in [0.15, 0.2) is 29.6 Å². The summed E-state index contributed by atoms with van der Waals surface area (Å²) in [6.45, 7) is 3.35. The molecular weight excluding hydrogens is 292 g/mol. The second-order valence-corrected chi connectivity index (χ2v) is 6.30. The van der Waals surface area contributed by atoms with Crippen LogP contribution in [0.4, 0.5) is 0 Å². The highest BCUT2D eigenvalue weighted by Gasteiger charge is 2.17. The van der Waals surface area contributed by atoms with E-state index < -0.39 is 0 Å². The van der Waals surface area contributed by atoms with Gasteiger partial charge < -0.3 is 14.9 Å². The zero-order valence-electron chi connectivity index (χ0n) is 13.3. The third-order valence-electron chi connectivity index (χ3n) is 4.28. The molecule has 0 bridgehead atoms. The largest absolute Gasteiger partial charge is 0.352 e. The minimum absolute atomic E-state index is 0.223. The maximum absolute atomic E-state index is 12.3.